The van der Waals surface area contributed by atoms with Crippen molar-refractivity contribution < 1.29 is 4.79 Å². The van der Waals surface area contributed by atoms with E-state index in [1.807, 2.05) is 31.3 Å². The largest absolute Gasteiger partial charge is 0.366 e. The van der Waals surface area contributed by atoms with Crippen molar-refractivity contribution in [3.05, 3.63) is 59.4 Å². The molecule has 0 radical (unpaired) electrons. The Morgan fingerprint density at radius 1 is 1.24 bits per heavy atom. The first-order chi connectivity index (χ1) is 10.2. The number of aromatic nitrogens is 1. The second kappa shape index (κ2) is 5.95. The van der Waals surface area contributed by atoms with Gasteiger partial charge in [-0.2, -0.15) is 0 Å². The molecule has 1 N–H and O–H groups in total. The number of hydrogen-bond acceptors (Lipinski definition) is 3. The highest BCUT2D eigenvalue weighted by atomic mass is 16.1. The van der Waals surface area contributed by atoms with Crippen LogP contribution in [0.25, 0.3) is 0 Å². The first-order valence-electron chi connectivity index (χ1n) is 7.23. The summed E-state index contributed by atoms with van der Waals surface area (Å²) in [6.07, 6.45) is 2.43. The number of para-hydroxylation sites is 1. The Labute approximate surface area is 124 Å². The molecule has 0 fully saturated rings. The van der Waals surface area contributed by atoms with Crippen LogP contribution in [0.1, 0.15) is 23.2 Å². The molecule has 0 aliphatic carbocycles. The lowest BCUT2D eigenvalue weighted by molar-refractivity contribution is -0.121. The van der Waals surface area contributed by atoms with Crippen LogP contribution in [0.3, 0.4) is 0 Å². The molecule has 0 bridgehead atoms. The van der Waals surface area contributed by atoms with E-state index in [4.69, 9.17) is 0 Å². The van der Waals surface area contributed by atoms with Crippen molar-refractivity contribution >= 4 is 11.6 Å². The van der Waals surface area contributed by atoms with Crippen LogP contribution in [-0.2, 0) is 17.9 Å². The van der Waals surface area contributed by atoms with Gasteiger partial charge in [-0.05, 0) is 30.2 Å². The molecule has 1 aliphatic heterocycles. The van der Waals surface area contributed by atoms with Gasteiger partial charge in [0.1, 0.15) is 0 Å². The summed E-state index contributed by atoms with van der Waals surface area (Å²) in [6.45, 7) is 4.07. The summed E-state index contributed by atoms with van der Waals surface area (Å²) in [6, 6.07) is 12.4. The molecule has 21 heavy (non-hydrogen) atoms. The second-order valence-electron chi connectivity index (χ2n) is 5.38. The third-order valence-corrected chi connectivity index (χ3v) is 3.76. The maximum Gasteiger partial charge on any atom is 0.222 e. The molecule has 1 aromatic heterocycles. The van der Waals surface area contributed by atoms with E-state index in [0.29, 0.717) is 13.0 Å². The van der Waals surface area contributed by atoms with Gasteiger partial charge in [0.25, 0.3) is 0 Å². The average molecular weight is 281 g/mol. The molecular formula is C17H19N3O. The van der Waals surface area contributed by atoms with E-state index in [-0.39, 0.29) is 5.91 Å². The third-order valence-electron chi connectivity index (χ3n) is 3.76. The average Bonchev–Trinajstić information content (AvgIpc) is 2.50. The quantitative estimate of drug-likeness (QED) is 0.919. The molecule has 0 saturated carbocycles. The number of aryl methyl sites for hydroxylation is 1. The molecule has 0 atom stereocenters. The monoisotopic (exact) mass is 281 g/mol. The van der Waals surface area contributed by atoms with E-state index in [9.17, 15) is 4.79 Å². The van der Waals surface area contributed by atoms with Crippen LogP contribution in [0.2, 0.25) is 0 Å². The van der Waals surface area contributed by atoms with Crippen molar-refractivity contribution in [1.29, 1.82) is 0 Å². The Bertz CT molecular complexity index is 637. The van der Waals surface area contributed by atoms with Crippen LogP contribution in [0.5, 0.6) is 0 Å². The van der Waals surface area contributed by atoms with Gasteiger partial charge >= 0.3 is 0 Å². The SMILES string of the molecule is Cc1ccc(CN2CCC(=O)NCc3ccccc32)cn1. The zero-order valence-electron chi connectivity index (χ0n) is 12.2. The van der Waals surface area contributed by atoms with Gasteiger partial charge < -0.3 is 10.2 Å². The highest BCUT2D eigenvalue weighted by Crippen LogP contribution is 2.24. The smallest absolute Gasteiger partial charge is 0.222 e. The zero-order chi connectivity index (χ0) is 14.7. The summed E-state index contributed by atoms with van der Waals surface area (Å²) in [7, 11) is 0. The zero-order valence-corrected chi connectivity index (χ0v) is 12.2. The second-order valence-corrected chi connectivity index (χ2v) is 5.38. The predicted molar refractivity (Wildman–Crippen MR) is 82.9 cm³/mol. The van der Waals surface area contributed by atoms with E-state index in [2.05, 4.69) is 33.4 Å². The van der Waals surface area contributed by atoms with Crippen LogP contribution in [0, 0.1) is 6.92 Å². The number of nitrogens with one attached hydrogen (secondary N) is 1. The van der Waals surface area contributed by atoms with Crippen LogP contribution in [0.4, 0.5) is 5.69 Å². The van der Waals surface area contributed by atoms with Gasteiger partial charge in [0.15, 0.2) is 0 Å². The topological polar surface area (TPSA) is 45.2 Å². The Morgan fingerprint density at radius 2 is 2.10 bits per heavy atom. The lowest BCUT2D eigenvalue weighted by atomic mass is 10.1. The molecule has 1 amide bonds. The Morgan fingerprint density at radius 3 is 2.90 bits per heavy atom. The molecule has 2 aromatic rings. The molecule has 108 valence electrons. The van der Waals surface area contributed by atoms with Crippen molar-refractivity contribution in [2.24, 2.45) is 0 Å². The fourth-order valence-corrected chi connectivity index (χ4v) is 2.58. The van der Waals surface area contributed by atoms with E-state index in [1.165, 1.54) is 5.69 Å². The third kappa shape index (κ3) is 3.21. The minimum Gasteiger partial charge on any atom is -0.366 e. The van der Waals surface area contributed by atoms with Crippen LogP contribution >= 0.6 is 0 Å². The van der Waals surface area contributed by atoms with E-state index >= 15 is 0 Å². The minimum atomic E-state index is 0.108. The van der Waals surface area contributed by atoms with Gasteiger partial charge in [0, 0.05) is 43.6 Å². The summed E-state index contributed by atoms with van der Waals surface area (Å²) < 4.78 is 0. The number of nitrogens with zero attached hydrogens (tertiary/aromatic N) is 2. The van der Waals surface area contributed by atoms with Gasteiger partial charge in [0.2, 0.25) is 5.91 Å². The van der Waals surface area contributed by atoms with Crippen molar-refractivity contribution in [2.75, 3.05) is 11.4 Å². The summed E-state index contributed by atoms with van der Waals surface area (Å²) in [5.74, 6) is 0.108. The normalized spacial score (nSPS) is 14.9. The number of benzene rings is 1. The fourth-order valence-electron chi connectivity index (χ4n) is 2.58. The molecule has 4 heteroatoms. The van der Waals surface area contributed by atoms with Gasteiger partial charge in [0.05, 0.1) is 0 Å². The maximum atomic E-state index is 11.7. The molecule has 1 aromatic carbocycles. The summed E-state index contributed by atoms with van der Waals surface area (Å²) in [5.41, 5.74) is 4.53. The lowest BCUT2D eigenvalue weighted by Gasteiger charge is -2.29. The molecule has 4 nitrogen and oxygen atoms in total. The van der Waals surface area contributed by atoms with Crippen LogP contribution < -0.4 is 10.2 Å². The molecule has 0 spiro atoms. The Kier molecular flexibility index (Phi) is 3.86. The number of fused-ring (bicyclic) bond motifs is 1. The number of hydrogen-bond donors (Lipinski definition) is 1. The highest BCUT2D eigenvalue weighted by Gasteiger charge is 2.16. The Hall–Kier alpha value is -2.36. The number of amides is 1. The van der Waals surface area contributed by atoms with Gasteiger partial charge in [-0.3, -0.25) is 9.78 Å². The fraction of sp³-hybridized carbons (Fsp3) is 0.294. The number of pyridine rings is 1. The standard InChI is InChI=1S/C17H19N3O/c1-13-6-7-14(10-18-13)12-20-9-8-17(21)19-11-15-4-2-3-5-16(15)20/h2-7,10H,8-9,11-12H2,1H3,(H,19,21). The first kappa shape index (κ1) is 13.6. The number of carbonyl (C=O) groups is 1. The van der Waals surface area contributed by atoms with E-state index in [1.54, 1.807) is 0 Å². The highest BCUT2D eigenvalue weighted by molar-refractivity contribution is 5.77. The number of rotatable bonds is 2. The molecular weight excluding hydrogens is 262 g/mol. The van der Waals surface area contributed by atoms with Gasteiger partial charge in [-0.25, -0.2) is 0 Å². The van der Waals surface area contributed by atoms with Crippen LogP contribution in [-0.4, -0.2) is 17.4 Å². The van der Waals surface area contributed by atoms with Crippen molar-refractivity contribution in [1.82, 2.24) is 10.3 Å². The minimum absolute atomic E-state index is 0.108. The van der Waals surface area contributed by atoms with Gasteiger partial charge in [-0.1, -0.05) is 24.3 Å². The summed E-state index contributed by atoms with van der Waals surface area (Å²) in [5, 5.41) is 2.95. The summed E-state index contributed by atoms with van der Waals surface area (Å²) >= 11 is 0. The predicted octanol–water partition coefficient (Wildman–Crippen LogP) is 2.42. The van der Waals surface area contributed by atoms with Crippen LogP contribution in [0.15, 0.2) is 42.6 Å². The van der Waals surface area contributed by atoms with Crippen molar-refractivity contribution in [3.63, 3.8) is 0 Å². The molecule has 1 aliphatic rings. The number of anilines is 1. The Balaban J connectivity index is 1.89. The molecule has 0 saturated heterocycles. The first-order valence-corrected chi connectivity index (χ1v) is 7.23. The summed E-state index contributed by atoms with van der Waals surface area (Å²) in [4.78, 5) is 18.4. The molecule has 0 unspecified atom stereocenters. The van der Waals surface area contributed by atoms with Gasteiger partial charge in [-0.15, -0.1) is 0 Å². The number of carbonyl (C=O) groups excluding carboxylic acids is 1. The van der Waals surface area contributed by atoms with Crippen molar-refractivity contribution in [2.45, 2.75) is 26.4 Å². The van der Waals surface area contributed by atoms with E-state index in [0.717, 1.165) is 29.9 Å². The van der Waals surface area contributed by atoms with E-state index < -0.39 is 0 Å². The van der Waals surface area contributed by atoms with Crippen molar-refractivity contribution in [3.8, 4) is 0 Å². The maximum absolute atomic E-state index is 11.7. The lowest BCUT2D eigenvalue weighted by Crippen LogP contribution is -2.34. The molecule has 3 rings (SSSR count). The molecule has 2 heterocycles.